The van der Waals surface area contributed by atoms with Gasteiger partial charge in [0, 0.05) is 11.9 Å². The Balaban J connectivity index is 1.95. The van der Waals surface area contributed by atoms with Gasteiger partial charge in [-0.3, -0.25) is 9.78 Å². The number of hydrogen-bond donors (Lipinski definition) is 3. The van der Waals surface area contributed by atoms with Gasteiger partial charge in [-0.05, 0) is 42.8 Å². The number of aromatic hydroxyl groups is 2. The lowest BCUT2D eigenvalue weighted by Gasteiger charge is -2.11. The molecule has 26 heavy (non-hydrogen) atoms. The van der Waals surface area contributed by atoms with E-state index >= 15 is 0 Å². The van der Waals surface area contributed by atoms with Crippen LogP contribution >= 0.6 is 0 Å². The lowest BCUT2D eigenvalue weighted by Crippen LogP contribution is -2.15. The number of carbonyl (C=O) groups is 1. The maximum Gasteiger partial charge on any atom is 0.278 e. The number of anilines is 1. The fraction of sp³-hybridized carbons (Fsp3) is 0.111. The van der Waals surface area contributed by atoms with Gasteiger partial charge in [0.05, 0.1) is 7.11 Å². The van der Waals surface area contributed by atoms with Gasteiger partial charge in [-0.25, -0.2) is 4.98 Å². The van der Waals surface area contributed by atoms with Gasteiger partial charge in [-0.2, -0.15) is 4.98 Å². The second kappa shape index (κ2) is 7.06. The van der Waals surface area contributed by atoms with Crippen LogP contribution < -0.4 is 10.1 Å². The van der Waals surface area contributed by atoms with Gasteiger partial charge in [0.25, 0.3) is 11.8 Å². The number of aryl methyl sites for hydroxylation is 1. The summed E-state index contributed by atoms with van der Waals surface area (Å²) in [6, 6.07) is 10.2. The number of amides is 1. The molecule has 0 spiro atoms. The molecular weight excluding hydrogens is 336 g/mol. The molecule has 0 bridgehead atoms. The van der Waals surface area contributed by atoms with Crippen molar-refractivity contribution in [2.45, 2.75) is 6.92 Å². The van der Waals surface area contributed by atoms with Crippen molar-refractivity contribution in [2.24, 2.45) is 0 Å². The Morgan fingerprint density at radius 2 is 1.96 bits per heavy atom. The van der Waals surface area contributed by atoms with E-state index in [1.807, 2.05) is 0 Å². The van der Waals surface area contributed by atoms with E-state index in [1.54, 1.807) is 50.4 Å². The van der Waals surface area contributed by atoms with Crippen LogP contribution in [0.1, 0.15) is 16.1 Å². The highest BCUT2D eigenvalue weighted by Crippen LogP contribution is 2.29. The summed E-state index contributed by atoms with van der Waals surface area (Å²) in [5, 5.41) is 22.5. The van der Waals surface area contributed by atoms with Crippen molar-refractivity contribution in [3.05, 3.63) is 53.9 Å². The Bertz CT molecular complexity index is 961. The van der Waals surface area contributed by atoms with Crippen LogP contribution in [0, 0.1) is 6.92 Å². The second-order valence-corrected chi connectivity index (χ2v) is 5.42. The number of methoxy groups -OCH3 is 1. The Kier molecular flexibility index (Phi) is 4.66. The number of nitrogens with zero attached hydrogens (tertiary/aromatic N) is 3. The first kappa shape index (κ1) is 17.2. The van der Waals surface area contributed by atoms with Crippen molar-refractivity contribution in [1.29, 1.82) is 0 Å². The number of pyridine rings is 1. The van der Waals surface area contributed by atoms with Crippen molar-refractivity contribution < 1.29 is 19.7 Å². The monoisotopic (exact) mass is 352 g/mol. The quantitative estimate of drug-likeness (QED) is 0.660. The van der Waals surface area contributed by atoms with Crippen LogP contribution in [0.4, 0.5) is 5.69 Å². The van der Waals surface area contributed by atoms with Gasteiger partial charge >= 0.3 is 0 Å². The summed E-state index contributed by atoms with van der Waals surface area (Å²) < 4.78 is 5.13. The van der Waals surface area contributed by atoms with Crippen molar-refractivity contribution in [3.8, 4) is 28.9 Å². The molecule has 8 heteroatoms. The van der Waals surface area contributed by atoms with Gasteiger partial charge in [-0.15, -0.1) is 0 Å². The summed E-state index contributed by atoms with van der Waals surface area (Å²) in [6.45, 7) is 1.80. The molecule has 0 saturated carbocycles. The number of carbonyl (C=O) groups excluding carboxylic acids is 1. The Hall–Kier alpha value is -3.68. The number of hydrogen-bond acceptors (Lipinski definition) is 7. The minimum absolute atomic E-state index is 0.0255. The molecule has 3 aromatic rings. The summed E-state index contributed by atoms with van der Waals surface area (Å²) in [5.74, 6) is -1.41. The van der Waals surface area contributed by atoms with Gasteiger partial charge in [0.15, 0.2) is 11.5 Å². The third kappa shape index (κ3) is 3.39. The smallest absolute Gasteiger partial charge is 0.278 e. The molecule has 0 aliphatic heterocycles. The first-order chi connectivity index (χ1) is 12.5. The van der Waals surface area contributed by atoms with E-state index in [-0.39, 0.29) is 11.5 Å². The molecular formula is C18H16N4O4. The molecule has 3 N–H and O–H groups in total. The zero-order valence-electron chi connectivity index (χ0n) is 14.1. The molecule has 132 valence electrons. The number of aromatic nitrogens is 3. The minimum Gasteiger partial charge on any atom is -0.501 e. The molecule has 1 aromatic carbocycles. The summed E-state index contributed by atoms with van der Waals surface area (Å²) in [6.07, 6.45) is 1.53. The van der Waals surface area contributed by atoms with Crippen LogP contribution in [0.15, 0.2) is 42.6 Å². The molecule has 8 nitrogen and oxygen atoms in total. The van der Waals surface area contributed by atoms with E-state index in [2.05, 4.69) is 20.3 Å². The number of nitrogens with one attached hydrogen (secondary N) is 1. The molecule has 2 heterocycles. The standard InChI is InChI=1S/C18H16N4O4/c1-10-9-11(26-2)6-7-12(10)20-17(24)14-15(23)18(25)22-16(21-14)13-5-3-4-8-19-13/h3-9,23H,1-2H3,(H,20,24)(H,21,22,25). The third-order valence-electron chi connectivity index (χ3n) is 3.66. The first-order valence-electron chi connectivity index (χ1n) is 7.67. The van der Waals surface area contributed by atoms with Crippen LogP contribution in [0.25, 0.3) is 11.5 Å². The van der Waals surface area contributed by atoms with Gasteiger partial charge in [-0.1, -0.05) is 6.07 Å². The van der Waals surface area contributed by atoms with Crippen molar-refractivity contribution in [2.75, 3.05) is 12.4 Å². The highest BCUT2D eigenvalue weighted by Gasteiger charge is 2.21. The molecule has 2 aromatic heterocycles. The van der Waals surface area contributed by atoms with E-state index in [0.717, 1.165) is 5.56 Å². The summed E-state index contributed by atoms with van der Waals surface area (Å²) in [5.41, 5.74) is 1.29. The second-order valence-electron chi connectivity index (χ2n) is 5.42. The first-order valence-corrected chi connectivity index (χ1v) is 7.67. The maximum absolute atomic E-state index is 12.6. The zero-order chi connectivity index (χ0) is 18.7. The molecule has 0 radical (unpaired) electrons. The zero-order valence-corrected chi connectivity index (χ0v) is 14.1. The summed E-state index contributed by atoms with van der Waals surface area (Å²) in [7, 11) is 1.55. The van der Waals surface area contributed by atoms with E-state index in [4.69, 9.17) is 4.74 Å². The molecule has 0 fully saturated rings. The predicted octanol–water partition coefficient (Wildman–Crippen LogP) is 2.52. The highest BCUT2D eigenvalue weighted by atomic mass is 16.5. The molecule has 0 saturated heterocycles. The highest BCUT2D eigenvalue weighted by molar-refractivity contribution is 6.05. The van der Waals surface area contributed by atoms with E-state index in [0.29, 0.717) is 17.1 Å². The fourth-order valence-corrected chi connectivity index (χ4v) is 2.30. The average Bonchev–Trinajstić information content (AvgIpc) is 2.66. The Morgan fingerprint density at radius 3 is 2.62 bits per heavy atom. The SMILES string of the molecule is COc1ccc(NC(=O)c2nc(-c3ccccn3)nc(O)c2O)c(C)c1. The normalized spacial score (nSPS) is 10.4. The van der Waals surface area contributed by atoms with Gasteiger partial charge in [0.1, 0.15) is 11.4 Å². The fourth-order valence-electron chi connectivity index (χ4n) is 2.30. The topological polar surface area (TPSA) is 117 Å². The maximum atomic E-state index is 12.6. The molecule has 3 rings (SSSR count). The van der Waals surface area contributed by atoms with Crippen LogP contribution in [0.2, 0.25) is 0 Å². The van der Waals surface area contributed by atoms with E-state index in [9.17, 15) is 15.0 Å². The van der Waals surface area contributed by atoms with Gasteiger partial charge in [0.2, 0.25) is 5.75 Å². The lowest BCUT2D eigenvalue weighted by atomic mass is 10.2. The van der Waals surface area contributed by atoms with Crippen molar-refractivity contribution >= 4 is 11.6 Å². The van der Waals surface area contributed by atoms with E-state index < -0.39 is 17.5 Å². The number of ether oxygens (including phenoxy) is 1. The van der Waals surface area contributed by atoms with Gasteiger partial charge < -0.3 is 20.3 Å². The average molecular weight is 352 g/mol. The largest absolute Gasteiger partial charge is 0.501 e. The molecule has 0 aliphatic carbocycles. The molecule has 0 atom stereocenters. The van der Waals surface area contributed by atoms with Crippen LogP contribution in [0.5, 0.6) is 17.4 Å². The van der Waals surface area contributed by atoms with Crippen LogP contribution in [-0.4, -0.2) is 38.2 Å². The van der Waals surface area contributed by atoms with Crippen molar-refractivity contribution in [1.82, 2.24) is 15.0 Å². The number of benzene rings is 1. The summed E-state index contributed by atoms with van der Waals surface area (Å²) >= 11 is 0. The van der Waals surface area contributed by atoms with E-state index in [1.165, 1.54) is 6.20 Å². The third-order valence-corrected chi connectivity index (χ3v) is 3.66. The molecule has 0 unspecified atom stereocenters. The number of rotatable bonds is 4. The van der Waals surface area contributed by atoms with Crippen LogP contribution in [0.3, 0.4) is 0 Å². The predicted molar refractivity (Wildman–Crippen MR) is 94.3 cm³/mol. The van der Waals surface area contributed by atoms with Crippen molar-refractivity contribution in [3.63, 3.8) is 0 Å². The van der Waals surface area contributed by atoms with Crippen LogP contribution in [-0.2, 0) is 0 Å². The Morgan fingerprint density at radius 1 is 1.15 bits per heavy atom. The molecule has 0 aliphatic rings. The molecule has 1 amide bonds. The summed E-state index contributed by atoms with van der Waals surface area (Å²) in [4.78, 5) is 24.4. The lowest BCUT2D eigenvalue weighted by molar-refractivity contribution is 0.101. The minimum atomic E-state index is -0.701. The Labute approximate surface area is 149 Å².